The van der Waals surface area contributed by atoms with Gasteiger partial charge in [0.25, 0.3) is 0 Å². The van der Waals surface area contributed by atoms with Gasteiger partial charge < -0.3 is 0 Å². The van der Waals surface area contributed by atoms with Crippen molar-refractivity contribution in [3.8, 4) is 0 Å². The standard InChI is InChI=1S/C15H21N3S/c1-15(2,3)19-10-14(18-16)12-6-7-13-11(9-12)5-4-8-17-13/h4-9,14,18H,10,16H2,1-3H3. The molecule has 3 nitrogen and oxygen atoms in total. The number of aromatic nitrogens is 1. The highest BCUT2D eigenvalue weighted by Gasteiger charge is 2.16. The van der Waals surface area contributed by atoms with Gasteiger partial charge in [0.1, 0.15) is 0 Å². The number of fused-ring (bicyclic) bond motifs is 1. The molecule has 2 rings (SSSR count). The second kappa shape index (κ2) is 5.90. The minimum atomic E-state index is 0.161. The highest BCUT2D eigenvalue weighted by atomic mass is 32.2. The summed E-state index contributed by atoms with van der Waals surface area (Å²) in [7, 11) is 0. The number of nitrogens with two attached hydrogens (primary N) is 1. The summed E-state index contributed by atoms with van der Waals surface area (Å²) >= 11 is 1.91. The topological polar surface area (TPSA) is 50.9 Å². The van der Waals surface area contributed by atoms with Crippen molar-refractivity contribution in [2.45, 2.75) is 31.6 Å². The van der Waals surface area contributed by atoms with Crippen LogP contribution >= 0.6 is 11.8 Å². The molecule has 19 heavy (non-hydrogen) atoms. The molecule has 102 valence electrons. The molecular formula is C15H21N3S. The van der Waals surface area contributed by atoms with Crippen LogP contribution in [0, 0.1) is 0 Å². The zero-order chi connectivity index (χ0) is 13.9. The Labute approximate surface area is 119 Å². The summed E-state index contributed by atoms with van der Waals surface area (Å²) in [6.07, 6.45) is 1.82. The van der Waals surface area contributed by atoms with Crippen molar-refractivity contribution in [3.63, 3.8) is 0 Å². The molecular weight excluding hydrogens is 254 g/mol. The van der Waals surface area contributed by atoms with Crippen LogP contribution < -0.4 is 11.3 Å². The van der Waals surface area contributed by atoms with Crippen LogP contribution in [0.15, 0.2) is 36.5 Å². The first kappa shape index (κ1) is 14.3. The van der Waals surface area contributed by atoms with Crippen LogP contribution in [-0.4, -0.2) is 15.5 Å². The molecule has 0 saturated carbocycles. The van der Waals surface area contributed by atoms with E-state index in [2.05, 4.69) is 55.4 Å². The summed E-state index contributed by atoms with van der Waals surface area (Å²) in [6, 6.07) is 10.5. The Bertz CT molecular complexity index is 548. The highest BCUT2D eigenvalue weighted by Crippen LogP contribution is 2.29. The van der Waals surface area contributed by atoms with E-state index in [4.69, 9.17) is 5.84 Å². The Morgan fingerprint density at radius 3 is 2.79 bits per heavy atom. The number of hydrogen-bond donors (Lipinski definition) is 2. The summed E-state index contributed by atoms with van der Waals surface area (Å²) in [6.45, 7) is 6.65. The number of rotatable bonds is 4. The van der Waals surface area contributed by atoms with Crippen LogP contribution in [0.25, 0.3) is 10.9 Å². The number of nitrogens with zero attached hydrogens (tertiary/aromatic N) is 1. The van der Waals surface area contributed by atoms with Crippen molar-refractivity contribution in [2.75, 3.05) is 5.75 Å². The number of pyridine rings is 1. The van der Waals surface area contributed by atoms with Gasteiger partial charge in [-0.1, -0.05) is 32.9 Å². The van der Waals surface area contributed by atoms with E-state index in [0.717, 1.165) is 16.7 Å². The molecule has 1 aromatic heterocycles. The molecule has 4 heteroatoms. The van der Waals surface area contributed by atoms with Gasteiger partial charge in [0.05, 0.1) is 11.6 Å². The van der Waals surface area contributed by atoms with Crippen molar-refractivity contribution in [1.29, 1.82) is 0 Å². The molecule has 3 N–H and O–H groups in total. The molecule has 1 unspecified atom stereocenters. The van der Waals surface area contributed by atoms with Gasteiger partial charge in [0.15, 0.2) is 0 Å². The van der Waals surface area contributed by atoms with Gasteiger partial charge >= 0.3 is 0 Å². The SMILES string of the molecule is CC(C)(C)SCC(NN)c1ccc2ncccc2c1. The number of hydrogen-bond acceptors (Lipinski definition) is 4. The van der Waals surface area contributed by atoms with Crippen LogP contribution in [0.1, 0.15) is 32.4 Å². The van der Waals surface area contributed by atoms with Gasteiger partial charge in [-0.2, -0.15) is 11.8 Å². The molecule has 0 bridgehead atoms. The van der Waals surface area contributed by atoms with E-state index in [1.807, 2.05) is 24.0 Å². The summed E-state index contributed by atoms with van der Waals surface area (Å²) in [5, 5.41) is 1.15. The molecule has 0 amide bonds. The third kappa shape index (κ3) is 3.93. The fraction of sp³-hybridized carbons (Fsp3) is 0.400. The molecule has 0 radical (unpaired) electrons. The van der Waals surface area contributed by atoms with Gasteiger partial charge in [-0.05, 0) is 23.8 Å². The first-order chi connectivity index (χ1) is 8.99. The normalized spacial score (nSPS) is 13.7. The lowest BCUT2D eigenvalue weighted by Gasteiger charge is -2.23. The average Bonchev–Trinajstić information content (AvgIpc) is 2.38. The van der Waals surface area contributed by atoms with Gasteiger partial charge in [0, 0.05) is 22.1 Å². The molecule has 1 aromatic carbocycles. The molecule has 0 aliphatic rings. The predicted molar refractivity (Wildman–Crippen MR) is 84.0 cm³/mol. The Balaban J connectivity index is 2.20. The Kier molecular flexibility index (Phi) is 4.45. The van der Waals surface area contributed by atoms with Gasteiger partial charge in [0.2, 0.25) is 0 Å². The number of nitrogens with one attached hydrogen (secondary N) is 1. The van der Waals surface area contributed by atoms with E-state index in [1.165, 1.54) is 5.56 Å². The fourth-order valence-electron chi connectivity index (χ4n) is 1.88. The molecule has 2 aromatic rings. The van der Waals surface area contributed by atoms with Gasteiger partial charge in [-0.15, -0.1) is 0 Å². The van der Waals surface area contributed by atoms with Crippen molar-refractivity contribution >= 4 is 22.7 Å². The highest BCUT2D eigenvalue weighted by molar-refractivity contribution is 8.00. The van der Waals surface area contributed by atoms with E-state index in [1.54, 1.807) is 0 Å². The second-order valence-electron chi connectivity index (χ2n) is 5.60. The maximum absolute atomic E-state index is 5.70. The van der Waals surface area contributed by atoms with Crippen LogP contribution in [0.4, 0.5) is 0 Å². The van der Waals surface area contributed by atoms with E-state index < -0.39 is 0 Å². The maximum Gasteiger partial charge on any atom is 0.0702 e. The lowest BCUT2D eigenvalue weighted by atomic mass is 10.1. The van der Waals surface area contributed by atoms with Crippen LogP contribution in [-0.2, 0) is 0 Å². The molecule has 0 aliphatic carbocycles. The monoisotopic (exact) mass is 275 g/mol. The average molecular weight is 275 g/mol. The summed E-state index contributed by atoms with van der Waals surface area (Å²) < 4.78 is 0.244. The smallest absolute Gasteiger partial charge is 0.0702 e. The Hall–Kier alpha value is -1.10. The molecule has 0 spiro atoms. The van der Waals surface area contributed by atoms with Crippen LogP contribution in [0.2, 0.25) is 0 Å². The van der Waals surface area contributed by atoms with Crippen molar-refractivity contribution in [3.05, 3.63) is 42.1 Å². The van der Waals surface area contributed by atoms with E-state index >= 15 is 0 Å². The van der Waals surface area contributed by atoms with Crippen molar-refractivity contribution < 1.29 is 0 Å². The van der Waals surface area contributed by atoms with E-state index in [9.17, 15) is 0 Å². The third-order valence-electron chi connectivity index (χ3n) is 2.91. The maximum atomic E-state index is 5.70. The fourth-order valence-corrected chi connectivity index (χ4v) is 2.84. The van der Waals surface area contributed by atoms with E-state index in [-0.39, 0.29) is 10.8 Å². The van der Waals surface area contributed by atoms with Crippen LogP contribution in [0.3, 0.4) is 0 Å². The Morgan fingerprint density at radius 1 is 1.32 bits per heavy atom. The minimum absolute atomic E-state index is 0.161. The molecule has 0 saturated heterocycles. The zero-order valence-electron chi connectivity index (χ0n) is 11.7. The molecule has 1 atom stereocenters. The number of thioether (sulfide) groups is 1. The quantitative estimate of drug-likeness (QED) is 0.664. The second-order valence-corrected chi connectivity index (χ2v) is 7.44. The van der Waals surface area contributed by atoms with Gasteiger partial charge in [-0.3, -0.25) is 16.3 Å². The van der Waals surface area contributed by atoms with Crippen molar-refractivity contribution in [1.82, 2.24) is 10.4 Å². The minimum Gasteiger partial charge on any atom is -0.271 e. The first-order valence-electron chi connectivity index (χ1n) is 6.44. The summed E-state index contributed by atoms with van der Waals surface area (Å²) in [5.41, 5.74) is 5.14. The lowest BCUT2D eigenvalue weighted by Crippen LogP contribution is -2.30. The van der Waals surface area contributed by atoms with Crippen LogP contribution in [0.5, 0.6) is 0 Å². The molecule has 1 heterocycles. The number of benzene rings is 1. The number of hydrazine groups is 1. The molecule has 0 fully saturated rings. The first-order valence-corrected chi connectivity index (χ1v) is 7.43. The summed E-state index contributed by atoms with van der Waals surface area (Å²) in [4.78, 5) is 4.34. The Morgan fingerprint density at radius 2 is 2.11 bits per heavy atom. The zero-order valence-corrected chi connectivity index (χ0v) is 12.5. The summed E-state index contributed by atoms with van der Waals surface area (Å²) in [5.74, 6) is 6.65. The predicted octanol–water partition coefficient (Wildman–Crippen LogP) is 3.27. The third-order valence-corrected chi connectivity index (χ3v) is 4.28. The lowest BCUT2D eigenvalue weighted by molar-refractivity contribution is 0.608. The van der Waals surface area contributed by atoms with E-state index in [0.29, 0.717) is 0 Å². The largest absolute Gasteiger partial charge is 0.271 e. The molecule has 0 aliphatic heterocycles. The van der Waals surface area contributed by atoms with Crippen molar-refractivity contribution in [2.24, 2.45) is 5.84 Å². The van der Waals surface area contributed by atoms with Gasteiger partial charge in [-0.25, -0.2) is 0 Å².